The summed E-state index contributed by atoms with van der Waals surface area (Å²) in [6.45, 7) is 0.975. The summed E-state index contributed by atoms with van der Waals surface area (Å²) < 4.78 is 14.1. The van der Waals surface area contributed by atoms with Crippen molar-refractivity contribution in [2.45, 2.75) is 37.4 Å². The molecule has 4 heteroatoms. The molecule has 2 N–H and O–H groups in total. The molecular weight excluding hydrogens is 239 g/mol. The molecule has 2 atom stereocenters. The highest BCUT2D eigenvalue weighted by Gasteiger charge is 2.42. The maximum absolute atomic E-state index is 14.1. The highest BCUT2D eigenvalue weighted by Crippen LogP contribution is 2.41. The third kappa shape index (κ3) is 1.96. The zero-order chi connectivity index (χ0) is 12.0. The second-order valence-corrected chi connectivity index (χ2v) is 5.42. The molecule has 2 aliphatic rings. The van der Waals surface area contributed by atoms with Gasteiger partial charge in [0.05, 0.1) is 11.1 Å². The summed E-state index contributed by atoms with van der Waals surface area (Å²) in [5, 5.41) is 0.192. The molecule has 0 spiro atoms. The van der Waals surface area contributed by atoms with Crippen molar-refractivity contribution in [3.8, 4) is 0 Å². The van der Waals surface area contributed by atoms with E-state index in [0.717, 1.165) is 13.0 Å². The van der Waals surface area contributed by atoms with Crippen LogP contribution in [0, 0.1) is 5.82 Å². The fourth-order valence-corrected chi connectivity index (χ4v) is 3.00. The van der Waals surface area contributed by atoms with Gasteiger partial charge in [0.25, 0.3) is 0 Å². The quantitative estimate of drug-likeness (QED) is 0.879. The Kier molecular flexibility index (Phi) is 2.85. The Hall–Kier alpha value is -0.640. The van der Waals surface area contributed by atoms with Crippen LogP contribution in [0.4, 0.5) is 4.39 Å². The van der Waals surface area contributed by atoms with E-state index in [-0.39, 0.29) is 22.9 Å². The second-order valence-electron chi connectivity index (χ2n) is 5.01. The maximum Gasteiger partial charge on any atom is 0.146 e. The van der Waals surface area contributed by atoms with Crippen LogP contribution in [0.25, 0.3) is 0 Å². The third-order valence-corrected chi connectivity index (χ3v) is 4.09. The van der Waals surface area contributed by atoms with Crippen molar-refractivity contribution in [1.82, 2.24) is 4.90 Å². The second kappa shape index (κ2) is 4.23. The lowest BCUT2D eigenvalue weighted by Gasteiger charge is -2.27. The first-order chi connectivity index (χ1) is 8.18. The Morgan fingerprint density at radius 1 is 1.29 bits per heavy atom. The molecule has 2 nitrogen and oxygen atoms in total. The molecule has 0 aromatic heterocycles. The smallest absolute Gasteiger partial charge is 0.146 e. The van der Waals surface area contributed by atoms with Gasteiger partial charge in [0.15, 0.2) is 0 Å². The fraction of sp³-hybridized carbons (Fsp3) is 0.538. The van der Waals surface area contributed by atoms with E-state index >= 15 is 0 Å². The molecule has 1 aromatic rings. The molecule has 1 heterocycles. The first-order valence-electron chi connectivity index (χ1n) is 6.13. The highest BCUT2D eigenvalue weighted by atomic mass is 35.5. The lowest BCUT2D eigenvalue weighted by molar-refractivity contribution is 0.232. The number of hydrogen-bond donors (Lipinski definition) is 1. The molecule has 2 fully saturated rings. The molecule has 1 aromatic carbocycles. The Balaban J connectivity index is 1.97. The first kappa shape index (κ1) is 11.5. The number of nitrogens with two attached hydrogens (primary N) is 1. The van der Waals surface area contributed by atoms with Crippen LogP contribution in [0.15, 0.2) is 18.2 Å². The Morgan fingerprint density at radius 3 is 2.76 bits per heavy atom. The number of nitrogens with zero attached hydrogens (tertiary/aromatic N) is 1. The first-order valence-corrected chi connectivity index (χ1v) is 6.51. The standard InChI is InChI=1S/C13H16ClFN2/c14-10-3-1-2-9(12(10)15)13-11(16)6-7-17(13)8-4-5-8/h1-3,8,11,13H,4-7,16H2. The van der Waals surface area contributed by atoms with Crippen LogP contribution in [0.2, 0.25) is 5.02 Å². The zero-order valence-electron chi connectivity index (χ0n) is 9.57. The number of benzene rings is 1. The number of rotatable bonds is 2. The summed E-state index contributed by atoms with van der Waals surface area (Å²) >= 11 is 5.85. The molecule has 0 bridgehead atoms. The van der Waals surface area contributed by atoms with E-state index in [1.807, 2.05) is 6.07 Å². The van der Waals surface area contributed by atoms with E-state index in [9.17, 15) is 4.39 Å². The zero-order valence-corrected chi connectivity index (χ0v) is 10.3. The molecule has 92 valence electrons. The van der Waals surface area contributed by atoms with Crippen LogP contribution in [0.3, 0.4) is 0 Å². The fourth-order valence-electron chi connectivity index (χ4n) is 2.82. The van der Waals surface area contributed by atoms with Gasteiger partial charge in [0, 0.05) is 24.2 Å². The molecule has 17 heavy (non-hydrogen) atoms. The molecule has 1 aliphatic heterocycles. The summed E-state index contributed by atoms with van der Waals surface area (Å²) in [6, 6.07) is 5.82. The molecular formula is C13H16ClFN2. The SMILES string of the molecule is NC1CCN(C2CC2)C1c1cccc(Cl)c1F. The van der Waals surface area contributed by atoms with E-state index in [1.54, 1.807) is 12.1 Å². The molecule has 0 radical (unpaired) electrons. The van der Waals surface area contributed by atoms with Crippen molar-refractivity contribution in [2.24, 2.45) is 5.73 Å². The van der Waals surface area contributed by atoms with Gasteiger partial charge in [-0.25, -0.2) is 4.39 Å². The van der Waals surface area contributed by atoms with Crippen molar-refractivity contribution < 1.29 is 4.39 Å². The molecule has 1 saturated carbocycles. The Morgan fingerprint density at radius 2 is 2.06 bits per heavy atom. The molecule has 1 aliphatic carbocycles. The van der Waals surface area contributed by atoms with Gasteiger partial charge in [-0.15, -0.1) is 0 Å². The summed E-state index contributed by atoms with van der Waals surface area (Å²) in [5.41, 5.74) is 6.80. The van der Waals surface area contributed by atoms with Gasteiger partial charge in [0.1, 0.15) is 5.82 Å². The lowest BCUT2D eigenvalue weighted by Crippen LogP contribution is -2.33. The predicted molar refractivity (Wildman–Crippen MR) is 66.5 cm³/mol. The lowest BCUT2D eigenvalue weighted by atomic mass is 10.00. The van der Waals surface area contributed by atoms with Gasteiger partial charge in [0.2, 0.25) is 0 Å². The minimum Gasteiger partial charge on any atom is -0.326 e. The van der Waals surface area contributed by atoms with E-state index in [4.69, 9.17) is 17.3 Å². The summed E-state index contributed by atoms with van der Waals surface area (Å²) in [7, 11) is 0. The number of hydrogen-bond acceptors (Lipinski definition) is 2. The van der Waals surface area contributed by atoms with E-state index < -0.39 is 0 Å². The maximum atomic E-state index is 14.1. The molecule has 0 amide bonds. The van der Waals surface area contributed by atoms with Crippen molar-refractivity contribution in [1.29, 1.82) is 0 Å². The van der Waals surface area contributed by atoms with Crippen molar-refractivity contribution >= 4 is 11.6 Å². The molecule has 1 saturated heterocycles. The minimum absolute atomic E-state index is 0.00111. The number of likely N-dealkylation sites (tertiary alicyclic amines) is 1. The van der Waals surface area contributed by atoms with Crippen LogP contribution in [0.5, 0.6) is 0 Å². The summed E-state index contributed by atoms with van der Waals surface area (Å²) in [5.74, 6) is -0.304. The van der Waals surface area contributed by atoms with Crippen LogP contribution in [0.1, 0.15) is 30.9 Å². The summed E-state index contributed by atoms with van der Waals surface area (Å²) in [4.78, 5) is 2.35. The van der Waals surface area contributed by atoms with Crippen LogP contribution in [-0.2, 0) is 0 Å². The number of halogens is 2. The Labute approximate surface area is 106 Å². The van der Waals surface area contributed by atoms with E-state index in [2.05, 4.69) is 4.90 Å². The van der Waals surface area contributed by atoms with Gasteiger partial charge < -0.3 is 5.73 Å². The largest absolute Gasteiger partial charge is 0.326 e. The Bertz CT molecular complexity index is 433. The minimum atomic E-state index is -0.304. The third-order valence-electron chi connectivity index (χ3n) is 3.80. The van der Waals surface area contributed by atoms with E-state index in [0.29, 0.717) is 11.6 Å². The van der Waals surface area contributed by atoms with Gasteiger partial charge in [-0.2, -0.15) is 0 Å². The predicted octanol–water partition coefficient (Wildman–Crippen LogP) is 2.72. The topological polar surface area (TPSA) is 29.3 Å². The van der Waals surface area contributed by atoms with Crippen LogP contribution >= 0.6 is 11.6 Å². The van der Waals surface area contributed by atoms with Gasteiger partial charge in [-0.05, 0) is 25.3 Å². The van der Waals surface area contributed by atoms with Gasteiger partial charge in [-0.1, -0.05) is 23.7 Å². The average molecular weight is 255 g/mol. The van der Waals surface area contributed by atoms with Gasteiger partial charge >= 0.3 is 0 Å². The monoisotopic (exact) mass is 254 g/mol. The molecule has 2 unspecified atom stereocenters. The van der Waals surface area contributed by atoms with E-state index in [1.165, 1.54) is 12.8 Å². The van der Waals surface area contributed by atoms with Crippen LogP contribution < -0.4 is 5.73 Å². The molecule has 3 rings (SSSR count). The average Bonchev–Trinajstić information content (AvgIpc) is 3.08. The van der Waals surface area contributed by atoms with Crippen molar-refractivity contribution in [3.05, 3.63) is 34.6 Å². The summed E-state index contributed by atoms with van der Waals surface area (Å²) in [6.07, 6.45) is 3.37. The van der Waals surface area contributed by atoms with Crippen molar-refractivity contribution in [2.75, 3.05) is 6.54 Å². The van der Waals surface area contributed by atoms with Crippen molar-refractivity contribution in [3.63, 3.8) is 0 Å². The van der Waals surface area contributed by atoms with Gasteiger partial charge in [-0.3, -0.25) is 4.90 Å². The normalized spacial score (nSPS) is 29.8. The van der Waals surface area contributed by atoms with Crippen LogP contribution in [-0.4, -0.2) is 23.5 Å². The highest BCUT2D eigenvalue weighted by molar-refractivity contribution is 6.30.